The van der Waals surface area contributed by atoms with Gasteiger partial charge < -0.3 is 5.32 Å². The van der Waals surface area contributed by atoms with Gasteiger partial charge >= 0.3 is 0 Å². The molecule has 1 aromatic heterocycles. The second-order valence-corrected chi connectivity index (χ2v) is 6.11. The maximum absolute atomic E-state index is 13.8. The Morgan fingerprint density at radius 2 is 2.00 bits per heavy atom. The molecule has 0 unspecified atom stereocenters. The van der Waals surface area contributed by atoms with E-state index in [4.69, 9.17) is 11.6 Å². The van der Waals surface area contributed by atoms with Crippen LogP contribution < -0.4 is 5.32 Å². The molecule has 0 radical (unpaired) electrons. The van der Waals surface area contributed by atoms with Gasteiger partial charge in [0.1, 0.15) is 5.82 Å². The fourth-order valence-electron chi connectivity index (χ4n) is 2.67. The van der Waals surface area contributed by atoms with E-state index in [1.807, 2.05) is 6.07 Å². The molecular weight excluding hydrogens is 295 g/mol. The second-order valence-electron chi connectivity index (χ2n) is 4.92. The third-order valence-electron chi connectivity index (χ3n) is 3.64. The van der Waals surface area contributed by atoms with Crippen molar-refractivity contribution in [1.82, 2.24) is 10.2 Å². The Hall–Kier alpha value is -0.940. The number of benzene rings is 1. The Kier molecular flexibility index (Phi) is 4.36. The normalized spacial score (nSPS) is 18.1. The Balaban J connectivity index is 1.98. The van der Waals surface area contributed by atoms with Crippen LogP contribution in [0.4, 0.5) is 4.39 Å². The highest BCUT2D eigenvalue weighted by molar-refractivity contribution is 7.08. The highest BCUT2D eigenvalue weighted by Crippen LogP contribution is 2.32. The van der Waals surface area contributed by atoms with Crippen molar-refractivity contribution in [2.24, 2.45) is 0 Å². The summed E-state index contributed by atoms with van der Waals surface area (Å²) in [5.41, 5.74) is 2.19. The maximum atomic E-state index is 13.8. The van der Waals surface area contributed by atoms with Gasteiger partial charge in [0.2, 0.25) is 0 Å². The van der Waals surface area contributed by atoms with Gasteiger partial charge in [0.25, 0.3) is 0 Å². The molecule has 0 aliphatic carbocycles. The molecule has 0 bridgehead atoms. The summed E-state index contributed by atoms with van der Waals surface area (Å²) in [6, 6.07) is 7.36. The topological polar surface area (TPSA) is 15.3 Å². The van der Waals surface area contributed by atoms with E-state index in [-0.39, 0.29) is 16.9 Å². The van der Waals surface area contributed by atoms with Gasteiger partial charge in [-0.3, -0.25) is 4.90 Å². The van der Waals surface area contributed by atoms with Gasteiger partial charge in [-0.1, -0.05) is 17.7 Å². The van der Waals surface area contributed by atoms with E-state index in [0.29, 0.717) is 0 Å². The maximum Gasteiger partial charge on any atom is 0.142 e. The molecule has 0 amide bonds. The van der Waals surface area contributed by atoms with Crippen LogP contribution >= 0.6 is 22.9 Å². The van der Waals surface area contributed by atoms with Gasteiger partial charge in [-0.25, -0.2) is 4.39 Å². The second kappa shape index (κ2) is 6.22. The van der Waals surface area contributed by atoms with Crippen molar-refractivity contribution < 1.29 is 4.39 Å². The van der Waals surface area contributed by atoms with E-state index < -0.39 is 0 Å². The van der Waals surface area contributed by atoms with Gasteiger partial charge in [0, 0.05) is 26.2 Å². The van der Waals surface area contributed by atoms with Crippen LogP contribution in [-0.2, 0) is 0 Å². The van der Waals surface area contributed by atoms with Crippen molar-refractivity contribution in [3.8, 4) is 0 Å². The SMILES string of the molecule is Fc1cc([C@@H](c2ccsc2)N2CCNCC2)ccc1Cl. The summed E-state index contributed by atoms with van der Waals surface area (Å²) in [5, 5.41) is 7.74. The largest absolute Gasteiger partial charge is 0.314 e. The lowest BCUT2D eigenvalue weighted by Gasteiger charge is -2.35. The van der Waals surface area contributed by atoms with Crippen LogP contribution in [0, 0.1) is 5.82 Å². The minimum absolute atomic E-state index is 0.107. The first-order valence-corrected chi connectivity index (χ1v) is 7.99. The van der Waals surface area contributed by atoms with Crippen LogP contribution in [0.2, 0.25) is 5.02 Å². The number of hydrogen-bond acceptors (Lipinski definition) is 3. The molecular formula is C15H16ClFN2S. The van der Waals surface area contributed by atoms with E-state index in [0.717, 1.165) is 31.7 Å². The first-order valence-electron chi connectivity index (χ1n) is 6.67. The van der Waals surface area contributed by atoms with Gasteiger partial charge in [-0.05, 0) is 40.1 Å². The Labute approximate surface area is 127 Å². The molecule has 106 valence electrons. The highest BCUT2D eigenvalue weighted by Gasteiger charge is 2.24. The minimum Gasteiger partial charge on any atom is -0.314 e. The molecule has 5 heteroatoms. The third-order valence-corrected chi connectivity index (χ3v) is 4.64. The summed E-state index contributed by atoms with van der Waals surface area (Å²) in [4.78, 5) is 2.39. The first-order chi connectivity index (χ1) is 9.75. The number of thiophene rings is 1. The smallest absolute Gasteiger partial charge is 0.142 e. The Bertz CT molecular complexity index is 567. The summed E-state index contributed by atoms with van der Waals surface area (Å²) in [6.45, 7) is 3.86. The molecule has 20 heavy (non-hydrogen) atoms. The molecule has 0 saturated carbocycles. The third kappa shape index (κ3) is 2.88. The number of halogens is 2. The van der Waals surface area contributed by atoms with Crippen molar-refractivity contribution in [2.45, 2.75) is 6.04 Å². The van der Waals surface area contributed by atoms with E-state index in [9.17, 15) is 4.39 Å². The lowest BCUT2D eigenvalue weighted by atomic mass is 9.98. The zero-order valence-corrected chi connectivity index (χ0v) is 12.6. The predicted molar refractivity (Wildman–Crippen MR) is 82.0 cm³/mol. The van der Waals surface area contributed by atoms with Crippen molar-refractivity contribution in [2.75, 3.05) is 26.2 Å². The summed E-state index contributed by atoms with van der Waals surface area (Å²) >= 11 is 7.47. The molecule has 1 saturated heterocycles. The summed E-state index contributed by atoms with van der Waals surface area (Å²) in [5.74, 6) is -0.348. The monoisotopic (exact) mass is 310 g/mol. The fourth-order valence-corrected chi connectivity index (χ4v) is 3.46. The van der Waals surface area contributed by atoms with Crippen LogP contribution in [0.1, 0.15) is 17.2 Å². The molecule has 1 aliphatic heterocycles. The van der Waals surface area contributed by atoms with Crippen LogP contribution in [-0.4, -0.2) is 31.1 Å². The summed E-state index contributed by atoms with van der Waals surface area (Å²) in [6.07, 6.45) is 0. The van der Waals surface area contributed by atoms with E-state index in [1.165, 1.54) is 5.56 Å². The first kappa shape index (κ1) is 14.0. The predicted octanol–water partition coefficient (Wildman–Crippen LogP) is 3.54. The van der Waals surface area contributed by atoms with Gasteiger partial charge in [0.05, 0.1) is 11.1 Å². The van der Waals surface area contributed by atoms with Crippen molar-refractivity contribution in [1.29, 1.82) is 0 Å². The Morgan fingerprint density at radius 3 is 2.65 bits per heavy atom. The van der Waals surface area contributed by atoms with E-state index in [1.54, 1.807) is 23.5 Å². The number of hydrogen-bond donors (Lipinski definition) is 1. The van der Waals surface area contributed by atoms with E-state index in [2.05, 4.69) is 27.0 Å². The van der Waals surface area contributed by atoms with Gasteiger partial charge in [0.15, 0.2) is 0 Å². The van der Waals surface area contributed by atoms with Crippen LogP contribution in [0.3, 0.4) is 0 Å². The molecule has 1 aromatic carbocycles. The fraction of sp³-hybridized carbons (Fsp3) is 0.333. The molecule has 2 nitrogen and oxygen atoms in total. The number of piperazine rings is 1. The molecule has 1 aliphatic rings. The van der Waals surface area contributed by atoms with Gasteiger partial charge in [-0.15, -0.1) is 0 Å². The zero-order chi connectivity index (χ0) is 13.9. The summed E-state index contributed by atoms with van der Waals surface area (Å²) in [7, 11) is 0. The van der Waals surface area contributed by atoms with Crippen LogP contribution in [0.25, 0.3) is 0 Å². The zero-order valence-electron chi connectivity index (χ0n) is 11.0. The molecule has 0 spiro atoms. The van der Waals surface area contributed by atoms with Crippen molar-refractivity contribution in [3.63, 3.8) is 0 Å². The molecule has 2 heterocycles. The minimum atomic E-state index is -0.348. The van der Waals surface area contributed by atoms with Gasteiger partial charge in [-0.2, -0.15) is 11.3 Å². The number of rotatable bonds is 3. The van der Waals surface area contributed by atoms with E-state index >= 15 is 0 Å². The average molecular weight is 311 g/mol. The molecule has 3 rings (SSSR count). The standard InChI is InChI=1S/C15H16ClFN2S/c16-13-2-1-11(9-14(13)17)15(12-3-8-20-10-12)19-6-4-18-5-7-19/h1-3,8-10,15,18H,4-7H2/t15-/m0/s1. The number of nitrogens with one attached hydrogen (secondary N) is 1. The lowest BCUT2D eigenvalue weighted by molar-refractivity contribution is 0.198. The summed E-state index contributed by atoms with van der Waals surface area (Å²) < 4.78 is 13.8. The number of nitrogens with zero attached hydrogens (tertiary/aromatic N) is 1. The highest BCUT2D eigenvalue weighted by atomic mass is 35.5. The van der Waals surface area contributed by atoms with Crippen molar-refractivity contribution >= 4 is 22.9 Å². The molecule has 1 N–H and O–H groups in total. The van der Waals surface area contributed by atoms with Crippen LogP contribution in [0.15, 0.2) is 35.0 Å². The average Bonchev–Trinajstić information content (AvgIpc) is 2.98. The lowest BCUT2D eigenvalue weighted by Crippen LogP contribution is -2.45. The quantitative estimate of drug-likeness (QED) is 0.933. The molecule has 1 fully saturated rings. The molecule has 2 aromatic rings. The Morgan fingerprint density at radius 1 is 1.20 bits per heavy atom. The van der Waals surface area contributed by atoms with Crippen LogP contribution in [0.5, 0.6) is 0 Å². The van der Waals surface area contributed by atoms with Crippen molar-refractivity contribution in [3.05, 3.63) is 57.0 Å². The molecule has 1 atom stereocenters.